The zero-order chi connectivity index (χ0) is 18.1. The number of hydrogen-bond acceptors (Lipinski definition) is 6. The fourth-order valence-corrected chi connectivity index (χ4v) is 2.49. The van der Waals surface area contributed by atoms with Gasteiger partial charge in [-0.25, -0.2) is 9.59 Å². The van der Waals surface area contributed by atoms with E-state index in [1.807, 2.05) is 7.05 Å². The van der Waals surface area contributed by atoms with Gasteiger partial charge < -0.3 is 24.1 Å². The van der Waals surface area contributed by atoms with Crippen LogP contribution in [0.15, 0.2) is 0 Å². The van der Waals surface area contributed by atoms with Crippen LogP contribution in [-0.2, 0) is 20.8 Å². The van der Waals surface area contributed by atoms with Gasteiger partial charge in [-0.3, -0.25) is 0 Å². The lowest BCUT2D eigenvalue weighted by atomic mass is 10.1. The quantitative estimate of drug-likeness (QED) is 0.519. The van der Waals surface area contributed by atoms with Crippen molar-refractivity contribution in [2.45, 2.75) is 33.7 Å². The largest absolute Gasteiger partial charge is 0.462 e. The summed E-state index contributed by atoms with van der Waals surface area (Å²) >= 11 is 0. The normalized spacial score (nSPS) is 10.9. The predicted molar refractivity (Wildman–Crippen MR) is 90.3 cm³/mol. The van der Waals surface area contributed by atoms with E-state index in [0.717, 1.165) is 13.0 Å². The highest BCUT2D eigenvalue weighted by Crippen LogP contribution is 2.22. The first-order valence-corrected chi connectivity index (χ1v) is 8.19. The van der Waals surface area contributed by atoms with Crippen LogP contribution in [0.3, 0.4) is 0 Å². The summed E-state index contributed by atoms with van der Waals surface area (Å²) in [5, 5.41) is 0. The van der Waals surface area contributed by atoms with Crippen molar-refractivity contribution in [2.24, 2.45) is 0 Å². The number of aromatic nitrogens is 1. The molecule has 0 amide bonds. The summed E-state index contributed by atoms with van der Waals surface area (Å²) in [7, 11) is 3.61. The van der Waals surface area contributed by atoms with E-state index in [1.54, 1.807) is 27.9 Å². The Morgan fingerprint density at radius 3 is 2.33 bits per heavy atom. The predicted octanol–water partition coefficient (Wildman–Crippen LogP) is 2.14. The van der Waals surface area contributed by atoms with Gasteiger partial charge in [-0.2, -0.15) is 0 Å². The van der Waals surface area contributed by atoms with Gasteiger partial charge in [0, 0.05) is 32.5 Å². The topological polar surface area (TPSA) is 80.9 Å². The highest BCUT2D eigenvalue weighted by Gasteiger charge is 2.25. The summed E-state index contributed by atoms with van der Waals surface area (Å²) in [4.78, 5) is 29.5. The van der Waals surface area contributed by atoms with Crippen LogP contribution in [0.5, 0.6) is 0 Å². The lowest BCUT2D eigenvalue weighted by Gasteiger charge is -2.16. The minimum absolute atomic E-state index is 0.276. The molecule has 0 fully saturated rings. The van der Waals surface area contributed by atoms with Crippen LogP contribution >= 0.6 is 0 Å². The van der Waals surface area contributed by atoms with Gasteiger partial charge in [-0.05, 0) is 39.8 Å². The molecule has 1 aromatic rings. The molecule has 1 aromatic heterocycles. The maximum absolute atomic E-state index is 12.3. The molecule has 0 radical (unpaired) electrons. The Morgan fingerprint density at radius 2 is 1.75 bits per heavy atom. The number of ether oxygens (including phenoxy) is 3. The van der Waals surface area contributed by atoms with Crippen LogP contribution in [0, 0.1) is 6.92 Å². The molecule has 1 heterocycles. The van der Waals surface area contributed by atoms with Crippen molar-refractivity contribution >= 4 is 11.9 Å². The molecule has 0 atom stereocenters. The van der Waals surface area contributed by atoms with Crippen molar-refractivity contribution in [1.29, 1.82) is 0 Å². The van der Waals surface area contributed by atoms with Crippen molar-refractivity contribution in [3.05, 3.63) is 22.5 Å². The Morgan fingerprint density at radius 1 is 1.12 bits per heavy atom. The SMILES string of the molecule is CCOC(=O)c1[nH]c(CN(C)CCCOC)c(C(=O)OCC)c1C. The Labute approximate surface area is 143 Å². The van der Waals surface area contributed by atoms with E-state index in [1.165, 1.54) is 0 Å². The summed E-state index contributed by atoms with van der Waals surface area (Å²) in [6.45, 7) is 7.76. The van der Waals surface area contributed by atoms with Gasteiger partial charge in [0.05, 0.1) is 18.8 Å². The number of carbonyl (C=O) groups excluding carboxylic acids is 2. The molecule has 0 unspecified atom stereocenters. The molecule has 0 spiro atoms. The Balaban J connectivity index is 3.04. The van der Waals surface area contributed by atoms with E-state index in [9.17, 15) is 9.59 Å². The van der Waals surface area contributed by atoms with Gasteiger partial charge in [0.15, 0.2) is 0 Å². The van der Waals surface area contributed by atoms with Crippen LogP contribution in [0.25, 0.3) is 0 Å². The summed E-state index contributed by atoms with van der Waals surface area (Å²) in [6, 6.07) is 0. The minimum atomic E-state index is -0.464. The van der Waals surface area contributed by atoms with E-state index in [0.29, 0.717) is 35.7 Å². The second-order valence-electron chi connectivity index (χ2n) is 5.50. The van der Waals surface area contributed by atoms with E-state index in [2.05, 4.69) is 9.88 Å². The average molecular weight is 340 g/mol. The van der Waals surface area contributed by atoms with Crippen LogP contribution in [0.4, 0.5) is 0 Å². The van der Waals surface area contributed by atoms with Crippen molar-refractivity contribution in [3.8, 4) is 0 Å². The Hall–Kier alpha value is -1.86. The van der Waals surface area contributed by atoms with E-state index < -0.39 is 11.9 Å². The lowest BCUT2D eigenvalue weighted by Crippen LogP contribution is -2.22. The first-order valence-electron chi connectivity index (χ1n) is 8.19. The number of hydrogen-bond donors (Lipinski definition) is 1. The smallest absolute Gasteiger partial charge is 0.355 e. The number of esters is 2. The second-order valence-corrected chi connectivity index (χ2v) is 5.50. The highest BCUT2D eigenvalue weighted by molar-refractivity contribution is 5.98. The van der Waals surface area contributed by atoms with Crippen molar-refractivity contribution in [1.82, 2.24) is 9.88 Å². The zero-order valence-corrected chi connectivity index (χ0v) is 15.2. The standard InChI is InChI=1S/C17H28N2O5/c1-6-23-16(20)14-12(3)15(17(21)24-7-2)18-13(14)11-19(4)9-8-10-22-5/h18H,6-11H2,1-5H3. The third-order valence-electron chi connectivity index (χ3n) is 3.60. The maximum atomic E-state index is 12.3. The summed E-state index contributed by atoms with van der Waals surface area (Å²) < 4.78 is 15.2. The monoisotopic (exact) mass is 340 g/mol. The first-order chi connectivity index (χ1) is 11.5. The summed E-state index contributed by atoms with van der Waals surface area (Å²) in [5.41, 5.74) is 1.94. The van der Waals surface area contributed by atoms with Gasteiger partial charge >= 0.3 is 11.9 Å². The van der Waals surface area contributed by atoms with Gasteiger partial charge in [-0.15, -0.1) is 0 Å². The molecule has 136 valence electrons. The number of methoxy groups -OCH3 is 1. The van der Waals surface area contributed by atoms with Gasteiger partial charge in [0.1, 0.15) is 5.69 Å². The number of nitrogens with zero attached hydrogens (tertiary/aromatic N) is 1. The molecular weight excluding hydrogens is 312 g/mol. The van der Waals surface area contributed by atoms with E-state index >= 15 is 0 Å². The Kier molecular flexibility index (Phi) is 8.49. The molecule has 1 N–H and O–H groups in total. The van der Waals surface area contributed by atoms with Crippen molar-refractivity contribution in [3.63, 3.8) is 0 Å². The molecule has 0 aliphatic carbocycles. The molecule has 0 aliphatic heterocycles. The number of rotatable bonds is 10. The number of H-pyrrole nitrogens is 1. The van der Waals surface area contributed by atoms with E-state index in [4.69, 9.17) is 14.2 Å². The molecule has 0 saturated carbocycles. The summed E-state index contributed by atoms with van der Waals surface area (Å²) in [5.74, 6) is -0.893. The third-order valence-corrected chi connectivity index (χ3v) is 3.60. The van der Waals surface area contributed by atoms with Gasteiger partial charge in [0.25, 0.3) is 0 Å². The van der Waals surface area contributed by atoms with E-state index in [-0.39, 0.29) is 13.2 Å². The maximum Gasteiger partial charge on any atom is 0.355 e. The first kappa shape index (κ1) is 20.2. The van der Waals surface area contributed by atoms with Crippen molar-refractivity contribution in [2.75, 3.05) is 40.5 Å². The number of nitrogens with one attached hydrogen (secondary N) is 1. The second kappa shape index (κ2) is 10.1. The molecule has 0 saturated heterocycles. The molecule has 0 aromatic carbocycles. The molecule has 0 bridgehead atoms. The number of aromatic amines is 1. The van der Waals surface area contributed by atoms with Crippen LogP contribution in [-0.4, -0.2) is 62.3 Å². The Bertz CT molecular complexity index is 553. The average Bonchev–Trinajstić information content (AvgIpc) is 2.84. The van der Waals surface area contributed by atoms with Crippen molar-refractivity contribution < 1.29 is 23.8 Å². The minimum Gasteiger partial charge on any atom is -0.462 e. The molecule has 0 aliphatic rings. The molecule has 7 nitrogen and oxygen atoms in total. The third kappa shape index (κ3) is 5.35. The fourth-order valence-electron chi connectivity index (χ4n) is 2.49. The highest BCUT2D eigenvalue weighted by atomic mass is 16.5. The lowest BCUT2D eigenvalue weighted by molar-refractivity contribution is 0.0517. The molecule has 7 heteroatoms. The zero-order valence-electron chi connectivity index (χ0n) is 15.2. The van der Waals surface area contributed by atoms with Gasteiger partial charge in [-0.1, -0.05) is 0 Å². The molecule has 1 rings (SSSR count). The fraction of sp³-hybridized carbons (Fsp3) is 0.647. The van der Waals surface area contributed by atoms with Gasteiger partial charge in [0.2, 0.25) is 0 Å². The number of carbonyl (C=O) groups is 2. The van der Waals surface area contributed by atoms with Crippen LogP contribution in [0.1, 0.15) is 52.4 Å². The summed E-state index contributed by atoms with van der Waals surface area (Å²) in [6.07, 6.45) is 0.881. The molecular formula is C17H28N2O5. The molecule has 24 heavy (non-hydrogen) atoms. The van der Waals surface area contributed by atoms with Crippen LogP contribution < -0.4 is 0 Å². The van der Waals surface area contributed by atoms with Crippen LogP contribution in [0.2, 0.25) is 0 Å².